The van der Waals surface area contributed by atoms with Gasteiger partial charge in [-0.15, -0.1) is 11.3 Å². The van der Waals surface area contributed by atoms with E-state index < -0.39 is 11.6 Å². The number of likely N-dealkylation sites (N-methyl/N-ethyl adjacent to an activating group) is 1. The van der Waals surface area contributed by atoms with E-state index in [9.17, 15) is 8.78 Å². The maximum absolute atomic E-state index is 13.8. The van der Waals surface area contributed by atoms with Gasteiger partial charge >= 0.3 is 0 Å². The highest BCUT2D eigenvalue weighted by atomic mass is 35.5. The maximum atomic E-state index is 13.8. The third kappa shape index (κ3) is 3.19. The summed E-state index contributed by atoms with van der Waals surface area (Å²) in [6, 6.07) is 4.15. The van der Waals surface area contributed by atoms with Crippen LogP contribution in [0, 0.1) is 18.6 Å². The van der Waals surface area contributed by atoms with Crippen molar-refractivity contribution in [3.05, 3.63) is 56.2 Å². The highest BCUT2D eigenvalue weighted by Crippen LogP contribution is 2.34. The van der Waals surface area contributed by atoms with Gasteiger partial charge in [-0.05, 0) is 42.5 Å². The van der Waals surface area contributed by atoms with Gasteiger partial charge < -0.3 is 5.32 Å². The molecule has 1 atom stereocenters. The van der Waals surface area contributed by atoms with Crippen LogP contribution >= 0.6 is 22.9 Å². The molecular weight excluding hydrogens is 300 g/mol. The van der Waals surface area contributed by atoms with Gasteiger partial charge in [-0.2, -0.15) is 0 Å². The largest absolute Gasteiger partial charge is 0.309 e. The third-order valence-electron chi connectivity index (χ3n) is 3.15. The summed E-state index contributed by atoms with van der Waals surface area (Å²) in [5.41, 5.74) is 1.37. The molecular formula is C15H16ClF2NS. The van der Waals surface area contributed by atoms with Crippen LogP contribution in [0.15, 0.2) is 23.6 Å². The summed E-state index contributed by atoms with van der Waals surface area (Å²) in [7, 11) is 0. The molecule has 0 radical (unpaired) electrons. The Morgan fingerprint density at radius 2 is 2.10 bits per heavy atom. The minimum Gasteiger partial charge on any atom is -0.309 e. The predicted molar refractivity (Wildman–Crippen MR) is 80.5 cm³/mol. The van der Waals surface area contributed by atoms with E-state index in [0.29, 0.717) is 17.0 Å². The average molecular weight is 316 g/mol. The van der Waals surface area contributed by atoms with Gasteiger partial charge in [-0.1, -0.05) is 30.7 Å². The first kappa shape index (κ1) is 15.4. The van der Waals surface area contributed by atoms with Crippen LogP contribution in [0.1, 0.15) is 29.0 Å². The Kier molecular flexibility index (Phi) is 5.13. The molecule has 0 saturated heterocycles. The molecule has 0 bridgehead atoms. The highest BCUT2D eigenvalue weighted by Gasteiger charge is 2.20. The summed E-state index contributed by atoms with van der Waals surface area (Å²) < 4.78 is 27.1. The van der Waals surface area contributed by atoms with E-state index in [1.165, 1.54) is 6.07 Å². The summed E-state index contributed by atoms with van der Waals surface area (Å²) in [5.74, 6) is -1.59. The van der Waals surface area contributed by atoms with Crippen molar-refractivity contribution < 1.29 is 8.78 Å². The first-order valence-electron chi connectivity index (χ1n) is 6.44. The zero-order chi connectivity index (χ0) is 14.7. The minimum absolute atomic E-state index is 0.109. The average Bonchev–Trinajstić information content (AvgIpc) is 2.75. The molecule has 5 heteroatoms. The van der Waals surface area contributed by atoms with Crippen molar-refractivity contribution in [2.75, 3.05) is 6.54 Å². The Balaban J connectivity index is 2.30. The van der Waals surface area contributed by atoms with Crippen LogP contribution in [0.4, 0.5) is 8.78 Å². The van der Waals surface area contributed by atoms with Crippen LogP contribution in [-0.4, -0.2) is 6.54 Å². The second kappa shape index (κ2) is 6.66. The predicted octanol–water partition coefficient (Wildman–Crippen LogP) is 4.88. The van der Waals surface area contributed by atoms with Crippen molar-refractivity contribution in [3.8, 4) is 0 Å². The number of rotatable bonds is 5. The number of benzene rings is 1. The molecule has 0 aliphatic carbocycles. The zero-order valence-electron chi connectivity index (χ0n) is 11.3. The lowest BCUT2D eigenvalue weighted by molar-refractivity contribution is 0.483. The van der Waals surface area contributed by atoms with Crippen LogP contribution in [-0.2, 0) is 6.42 Å². The molecule has 2 aromatic rings. The van der Waals surface area contributed by atoms with Crippen molar-refractivity contribution in [3.63, 3.8) is 0 Å². The lowest BCUT2D eigenvalue weighted by Crippen LogP contribution is -2.23. The summed E-state index contributed by atoms with van der Waals surface area (Å²) in [5, 5.41) is 5.97. The lowest BCUT2D eigenvalue weighted by atomic mass is 10.0. The van der Waals surface area contributed by atoms with Gasteiger partial charge in [0.1, 0.15) is 0 Å². The van der Waals surface area contributed by atoms with Gasteiger partial charge in [-0.3, -0.25) is 0 Å². The molecule has 1 unspecified atom stereocenters. The molecule has 2 rings (SSSR count). The van der Waals surface area contributed by atoms with Crippen LogP contribution in [0.25, 0.3) is 0 Å². The number of thiophene rings is 1. The number of halogens is 3. The van der Waals surface area contributed by atoms with E-state index in [2.05, 4.69) is 5.32 Å². The molecule has 0 aliphatic rings. The van der Waals surface area contributed by atoms with E-state index in [-0.39, 0.29) is 6.04 Å². The molecule has 1 aromatic heterocycles. The van der Waals surface area contributed by atoms with Crippen molar-refractivity contribution in [1.29, 1.82) is 0 Å². The number of hydrogen-bond donors (Lipinski definition) is 1. The quantitative estimate of drug-likeness (QED) is 0.829. The van der Waals surface area contributed by atoms with Crippen molar-refractivity contribution in [1.82, 2.24) is 5.32 Å². The molecule has 0 amide bonds. The van der Waals surface area contributed by atoms with Crippen LogP contribution in [0.3, 0.4) is 0 Å². The normalized spacial score (nSPS) is 12.7. The molecule has 20 heavy (non-hydrogen) atoms. The van der Waals surface area contributed by atoms with Gasteiger partial charge in [-0.25, -0.2) is 8.78 Å². The van der Waals surface area contributed by atoms with Gasteiger partial charge in [0, 0.05) is 10.9 Å². The second-order valence-electron chi connectivity index (χ2n) is 4.62. The monoisotopic (exact) mass is 315 g/mol. The number of aryl methyl sites for hydroxylation is 1. The van der Waals surface area contributed by atoms with Crippen LogP contribution in [0.2, 0.25) is 5.02 Å². The maximum Gasteiger partial charge on any atom is 0.162 e. The van der Waals surface area contributed by atoms with E-state index >= 15 is 0 Å². The molecule has 1 aromatic carbocycles. The van der Waals surface area contributed by atoms with Gasteiger partial charge in [0.15, 0.2) is 11.6 Å². The Morgan fingerprint density at radius 3 is 2.70 bits per heavy atom. The third-order valence-corrected chi connectivity index (χ3v) is 4.98. The molecule has 108 valence electrons. The van der Waals surface area contributed by atoms with E-state index in [4.69, 9.17) is 11.6 Å². The van der Waals surface area contributed by atoms with E-state index in [1.807, 2.05) is 19.2 Å². The molecule has 0 spiro atoms. The number of nitrogens with one attached hydrogen (secondary N) is 1. The SMILES string of the molecule is CCNC(Cc1cccc(F)c1F)c1scc(C)c1Cl. The van der Waals surface area contributed by atoms with Crippen LogP contribution in [0.5, 0.6) is 0 Å². The summed E-state index contributed by atoms with van der Waals surface area (Å²) >= 11 is 7.82. The van der Waals surface area contributed by atoms with Crippen molar-refractivity contribution >= 4 is 22.9 Å². The Morgan fingerprint density at radius 1 is 1.35 bits per heavy atom. The van der Waals surface area contributed by atoms with E-state index in [1.54, 1.807) is 17.4 Å². The molecule has 1 N–H and O–H groups in total. The van der Waals surface area contributed by atoms with Gasteiger partial charge in [0.2, 0.25) is 0 Å². The topological polar surface area (TPSA) is 12.0 Å². The summed E-state index contributed by atoms with van der Waals surface area (Å²) in [6.45, 7) is 4.65. The first-order chi connectivity index (χ1) is 9.54. The second-order valence-corrected chi connectivity index (χ2v) is 5.91. The molecule has 1 nitrogen and oxygen atoms in total. The first-order valence-corrected chi connectivity index (χ1v) is 7.70. The lowest BCUT2D eigenvalue weighted by Gasteiger charge is -2.18. The van der Waals surface area contributed by atoms with Gasteiger partial charge in [0.05, 0.1) is 5.02 Å². The van der Waals surface area contributed by atoms with Crippen molar-refractivity contribution in [2.24, 2.45) is 0 Å². The molecule has 0 fully saturated rings. The summed E-state index contributed by atoms with van der Waals surface area (Å²) in [4.78, 5) is 0.967. The van der Waals surface area contributed by atoms with E-state index in [0.717, 1.165) is 23.1 Å². The smallest absolute Gasteiger partial charge is 0.162 e. The van der Waals surface area contributed by atoms with Crippen LogP contribution < -0.4 is 5.32 Å². The molecule has 0 aliphatic heterocycles. The fraction of sp³-hybridized carbons (Fsp3) is 0.333. The summed E-state index contributed by atoms with van der Waals surface area (Å²) in [6.07, 6.45) is 0.372. The van der Waals surface area contributed by atoms with Crippen molar-refractivity contribution in [2.45, 2.75) is 26.3 Å². The number of hydrogen-bond acceptors (Lipinski definition) is 2. The Bertz CT molecular complexity index is 598. The Labute approximate surface area is 126 Å². The molecule has 0 saturated carbocycles. The highest BCUT2D eigenvalue weighted by molar-refractivity contribution is 7.10. The molecule has 1 heterocycles. The van der Waals surface area contributed by atoms with Gasteiger partial charge in [0.25, 0.3) is 0 Å². The fourth-order valence-corrected chi connectivity index (χ4v) is 3.52. The minimum atomic E-state index is -0.814. The Hall–Kier alpha value is -0.970. The standard InChI is InChI=1S/C15H16ClF2NS/c1-3-19-12(15-13(16)9(2)8-20-15)7-10-5-4-6-11(17)14(10)18/h4-6,8,12,19H,3,7H2,1-2H3. The zero-order valence-corrected chi connectivity index (χ0v) is 12.9. The fourth-order valence-electron chi connectivity index (χ4n) is 2.11.